The van der Waals surface area contributed by atoms with Gasteiger partial charge in [0.15, 0.2) is 11.5 Å². The lowest BCUT2D eigenvalue weighted by Gasteiger charge is -2.15. The van der Waals surface area contributed by atoms with Crippen molar-refractivity contribution in [1.82, 2.24) is 0 Å². The molecule has 0 saturated carbocycles. The number of hydrogen-bond acceptors (Lipinski definition) is 4. The van der Waals surface area contributed by atoms with Gasteiger partial charge in [0.25, 0.3) is 0 Å². The monoisotopic (exact) mass is 346 g/mol. The summed E-state index contributed by atoms with van der Waals surface area (Å²) in [5.74, 6) is 1.97. The molecule has 0 aliphatic heterocycles. The Morgan fingerprint density at radius 2 is 1.78 bits per heavy atom. The van der Waals surface area contributed by atoms with Crippen molar-refractivity contribution in [2.24, 2.45) is 0 Å². The molecular weight excluding hydrogens is 332 g/mol. The lowest BCUT2D eigenvalue weighted by Crippen LogP contribution is -2.05. The van der Waals surface area contributed by atoms with E-state index < -0.39 is 0 Å². The molecule has 0 N–H and O–H groups in total. The zero-order valence-corrected chi connectivity index (χ0v) is 13.8. The van der Waals surface area contributed by atoms with Crippen LogP contribution in [0.25, 0.3) is 0 Å². The van der Waals surface area contributed by atoms with Crippen molar-refractivity contribution >= 4 is 29.1 Å². The molecule has 1 atom stereocenters. The maximum absolute atomic E-state index is 12.4. The van der Waals surface area contributed by atoms with Crippen molar-refractivity contribution in [3.63, 3.8) is 0 Å². The number of Topliss-reactive ketones (excluding diaryl/α,β-unsaturated/α-hetero) is 1. The summed E-state index contributed by atoms with van der Waals surface area (Å²) < 4.78 is 10.6. The number of carbonyl (C=O) groups is 1. The number of benzene rings is 1. The van der Waals surface area contributed by atoms with Crippen molar-refractivity contribution < 1.29 is 13.6 Å². The van der Waals surface area contributed by atoms with Crippen LogP contribution in [0.4, 0.5) is 0 Å². The highest BCUT2D eigenvalue weighted by atomic mass is 35.5. The number of halogens is 1. The Morgan fingerprint density at radius 1 is 1.04 bits per heavy atom. The third-order valence-corrected chi connectivity index (χ3v) is 4.96. The van der Waals surface area contributed by atoms with Crippen LogP contribution in [0.3, 0.4) is 0 Å². The van der Waals surface area contributed by atoms with Gasteiger partial charge >= 0.3 is 0 Å². The molecule has 0 bridgehead atoms. The van der Waals surface area contributed by atoms with Crippen LogP contribution in [-0.4, -0.2) is 5.78 Å². The molecule has 3 aromatic rings. The van der Waals surface area contributed by atoms with Gasteiger partial charge in [0.1, 0.15) is 5.76 Å². The van der Waals surface area contributed by atoms with Crippen LogP contribution >= 0.6 is 23.4 Å². The van der Waals surface area contributed by atoms with Crippen molar-refractivity contribution in [2.45, 2.75) is 17.4 Å². The summed E-state index contributed by atoms with van der Waals surface area (Å²) in [4.78, 5) is 12.4. The average Bonchev–Trinajstić information content (AvgIpc) is 3.25. The van der Waals surface area contributed by atoms with Gasteiger partial charge in [-0.3, -0.25) is 4.79 Å². The second-order valence-electron chi connectivity index (χ2n) is 5.04. The van der Waals surface area contributed by atoms with Crippen LogP contribution in [-0.2, 0) is 5.75 Å². The molecule has 5 heteroatoms. The molecule has 3 rings (SSSR count). The van der Waals surface area contributed by atoms with Gasteiger partial charge < -0.3 is 8.83 Å². The molecule has 0 aliphatic rings. The first-order chi connectivity index (χ1) is 11.2. The minimum absolute atomic E-state index is 0.00923. The molecule has 0 aliphatic carbocycles. The van der Waals surface area contributed by atoms with Crippen LogP contribution in [0, 0.1) is 0 Å². The molecule has 0 unspecified atom stereocenters. The fraction of sp³-hybridized carbons (Fsp3) is 0.167. The number of ketones is 1. The van der Waals surface area contributed by atoms with E-state index in [0.717, 1.165) is 11.3 Å². The van der Waals surface area contributed by atoms with E-state index >= 15 is 0 Å². The highest BCUT2D eigenvalue weighted by Gasteiger charge is 2.20. The molecule has 0 fully saturated rings. The van der Waals surface area contributed by atoms with Gasteiger partial charge in [-0.2, -0.15) is 0 Å². The van der Waals surface area contributed by atoms with Crippen LogP contribution in [0.2, 0.25) is 5.02 Å². The van der Waals surface area contributed by atoms with E-state index in [1.807, 2.05) is 36.4 Å². The first-order valence-electron chi connectivity index (χ1n) is 7.18. The van der Waals surface area contributed by atoms with Crippen molar-refractivity contribution in [3.05, 3.63) is 83.2 Å². The Hall–Kier alpha value is -1.91. The molecule has 118 valence electrons. The lowest BCUT2D eigenvalue weighted by atomic mass is 10.1. The molecule has 2 heterocycles. The normalized spacial score (nSPS) is 12.2. The number of furan rings is 2. The first-order valence-corrected chi connectivity index (χ1v) is 8.61. The third-order valence-electron chi connectivity index (χ3n) is 3.42. The fourth-order valence-corrected chi connectivity index (χ4v) is 3.51. The van der Waals surface area contributed by atoms with Crippen LogP contribution in [0.1, 0.15) is 33.5 Å². The summed E-state index contributed by atoms with van der Waals surface area (Å²) in [6.45, 7) is 0. The predicted molar refractivity (Wildman–Crippen MR) is 91.9 cm³/mol. The second kappa shape index (κ2) is 7.57. The molecule has 0 amide bonds. The fourth-order valence-electron chi connectivity index (χ4n) is 2.23. The van der Waals surface area contributed by atoms with E-state index in [1.165, 1.54) is 6.26 Å². The lowest BCUT2D eigenvalue weighted by molar-refractivity contribution is 0.0955. The van der Waals surface area contributed by atoms with E-state index in [2.05, 4.69) is 0 Å². The van der Waals surface area contributed by atoms with Gasteiger partial charge in [-0.1, -0.05) is 23.7 Å². The predicted octanol–water partition coefficient (Wildman–Crippen LogP) is 5.77. The maximum atomic E-state index is 12.4. The molecule has 0 saturated heterocycles. The topological polar surface area (TPSA) is 43.4 Å². The molecular formula is C18H15ClO3S. The minimum Gasteiger partial charge on any atom is -0.468 e. The second-order valence-corrected chi connectivity index (χ2v) is 6.66. The smallest absolute Gasteiger partial charge is 0.199 e. The molecule has 2 aromatic heterocycles. The van der Waals surface area contributed by atoms with Crippen molar-refractivity contribution in [2.75, 3.05) is 0 Å². The summed E-state index contributed by atoms with van der Waals surface area (Å²) >= 11 is 7.62. The molecule has 1 aromatic carbocycles. The Bertz CT molecular complexity index is 733. The largest absolute Gasteiger partial charge is 0.468 e. The van der Waals surface area contributed by atoms with Crippen LogP contribution in [0.5, 0.6) is 0 Å². The number of thioether (sulfide) groups is 1. The summed E-state index contributed by atoms with van der Waals surface area (Å²) in [6.07, 6.45) is 3.53. The molecule has 23 heavy (non-hydrogen) atoms. The van der Waals surface area contributed by atoms with Crippen molar-refractivity contribution in [1.29, 1.82) is 0 Å². The summed E-state index contributed by atoms with van der Waals surface area (Å²) in [7, 11) is 0. The van der Waals surface area contributed by atoms with Gasteiger partial charge in [-0.05, 0) is 42.0 Å². The molecule has 0 radical (unpaired) electrons. The quantitative estimate of drug-likeness (QED) is 0.509. The highest BCUT2D eigenvalue weighted by molar-refractivity contribution is 7.98. The van der Waals surface area contributed by atoms with Crippen LogP contribution < -0.4 is 0 Å². The summed E-state index contributed by atoms with van der Waals surface area (Å²) in [5.41, 5.74) is 1.06. The first kappa shape index (κ1) is 16.0. The zero-order chi connectivity index (χ0) is 16.1. The van der Waals surface area contributed by atoms with E-state index in [9.17, 15) is 4.79 Å². The Balaban J connectivity index is 1.74. The molecule has 0 spiro atoms. The van der Waals surface area contributed by atoms with E-state index in [4.69, 9.17) is 20.4 Å². The summed E-state index contributed by atoms with van der Waals surface area (Å²) in [5, 5.41) is 0.691. The Labute approximate surface area is 143 Å². The minimum atomic E-state index is -0.0121. The van der Waals surface area contributed by atoms with E-state index in [1.54, 1.807) is 30.2 Å². The maximum Gasteiger partial charge on any atom is 0.199 e. The highest BCUT2D eigenvalue weighted by Crippen LogP contribution is 2.36. The van der Waals surface area contributed by atoms with Crippen molar-refractivity contribution in [3.8, 4) is 0 Å². The SMILES string of the molecule is O=C(C[C@H](SCc1ccco1)c1ccc(Cl)cc1)c1ccco1. The van der Waals surface area contributed by atoms with Gasteiger partial charge in [0, 0.05) is 16.7 Å². The summed E-state index contributed by atoms with van der Waals surface area (Å²) in [6, 6.07) is 14.8. The van der Waals surface area contributed by atoms with E-state index in [-0.39, 0.29) is 11.0 Å². The van der Waals surface area contributed by atoms with Gasteiger partial charge in [0.2, 0.25) is 0 Å². The zero-order valence-electron chi connectivity index (χ0n) is 12.3. The van der Waals surface area contributed by atoms with Crippen LogP contribution in [0.15, 0.2) is 69.9 Å². The van der Waals surface area contributed by atoms with E-state index in [0.29, 0.717) is 23.0 Å². The number of carbonyl (C=O) groups excluding carboxylic acids is 1. The molecule has 3 nitrogen and oxygen atoms in total. The van der Waals surface area contributed by atoms with Gasteiger partial charge in [-0.25, -0.2) is 0 Å². The Morgan fingerprint density at radius 3 is 2.43 bits per heavy atom. The standard InChI is InChI=1S/C18H15ClO3S/c19-14-7-5-13(6-8-14)18(23-12-15-3-1-9-21-15)11-16(20)17-4-2-10-22-17/h1-10,18H,11-12H2/t18-/m0/s1. The number of hydrogen-bond donors (Lipinski definition) is 0. The Kier molecular flexibility index (Phi) is 5.26. The number of rotatable bonds is 7. The third kappa shape index (κ3) is 4.30. The average molecular weight is 347 g/mol. The van der Waals surface area contributed by atoms with Gasteiger partial charge in [-0.15, -0.1) is 11.8 Å². The van der Waals surface area contributed by atoms with Gasteiger partial charge in [0.05, 0.1) is 18.3 Å².